The average molecular weight is 542 g/mol. The van der Waals surface area contributed by atoms with Crippen molar-refractivity contribution >= 4 is 34.8 Å². The maximum atomic E-state index is 13.4. The van der Waals surface area contributed by atoms with E-state index in [4.69, 9.17) is 9.72 Å². The van der Waals surface area contributed by atoms with Gasteiger partial charge in [-0.15, -0.1) is 0 Å². The normalized spacial score (nSPS) is 13.2. The first-order valence-electron chi connectivity index (χ1n) is 13.2. The topological polar surface area (TPSA) is 133 Å². The molecule has 3 N–H and O–H groups in total. The molecule has 1 aliphatic rings. The van der Waals surface area contributed by atoms with Gasteiger partial charge in [-0.25, -0.2) is 14.8 Å². The third-order valence-electron chi connectivity index (χ3n) is 6.57. The first kappa shape index (κ1) is 26.7. The highest BCUT2D eigenvalue weighted by atomic mass is 16.6. The van der Waals surface area contributed by atoms with Crippen molar-refractivity contribution in [2.24, 2.45) is 0 Å². The summed E-state index contributed by atoms with van der Waals surface area (Å²) in [6.45, 7) is 4.09. The molecule has 2 aromatic carbocycles. The van der Waals surface area contributed by atoms with E-state index in [1.807, 2.05) is 60.7 Å². The third-order valence-corrected chi connectivity index (χ3v) is 6.57. The molecule has 11 nitrogen and oxygen atoms in total. The zero-order chi connectivity index (χ0) is 27.9. The van der Waals surface area contributed by atoms with Gasteiger partial charge in [-0.3, -0.25) is 9.59 Å². The molecule has 0 bridgehead atoms. The SMILES string of the molecule is CC(=O)NCCNc1nc(-c2ccccc2)nc2[nH]c(C(=O)N3CCN(C(=O)OCc4ccccc4)CC3)cc12. The van der Waals surface area contributed by atoms with E-state index < -0.39 is 0 Å². The Hall–Kier alpha value is -4.93. The fourth-order valence-corrected chi connectivity index (χ4v) is 4.47. The summed E-state index contributed by atoms with van der Waals surface area (Å²) in [5, 5.41) is 6.69. The van der Waals surface area contributed by atoms with E-state index in [1.54, 1.807) is 15.9 Å². The molecule has 1 saturated heterocycles. The second-order valence-corrected chi connectivity index (χ2v) is 9.44. The Labute approximate surface area is 231 Å². The Balaban J connectivity index is 1.27. The Kier molecular flexibility index (Phi) is 8.19. The van der Waals surface area contributed by atoms with Crippen molar-refractivity contribution in [3.8, 4) is 11.4 Å². The van der Waals surface area contributed by atoms with Crippen molar-refractivity contribution in [1.29, 1.82) is 0 Å². The average Bonchev–Trinajstić information content (AvgIpc) is 3.43. The van der Waals surface area contributed by atoms with Gasteiger partial charge in [-0.2, -0.15) is 0 Å². The van der Waals surface area contributed by atoms with E-state index in [2.05, 4.69) is 20.6 Å². The number of ether oxygens (including phenoxy) is 1. The number of carbonyl (C=O) groups is 3. The van der Waals surface area contributed by atoms with Crippen LogP contribution in [0, 0.1) is 0 Å². The quantitative estimate of drug-likeness (QED) is 0.292. The van der Waals surface area contributed by atoms with Crippen molar-refractivity contribution in [2.75, 3.05) is 44.6 Å². The number of nitrogens with zero attached hydrogens (tertiary/aromatic N) is 4. The third kappa shape index (κ3) is 6.37. The molecule has 1 fully saturated rings. The molecule has 0 aliphatic carbocycles. The van der Waals surface area contributed by atoms with Gasteiger partial charge >= 0.3 is 6.09 Å². The maximum Gasteiger partial charge on any atom is 0.410 e. The minimum absolute atomic E-state index is 0.112. The number of amides is 3. The lowest BCUT2D eigenvalue weighted by Crippen LogP contribution is -2.50. The molecule has 5 rings (SSSR count). The summed E-state index contributed by atoms with van der Waals surface area (Å²) in [6, 6.07) is 20.8. The molecule has 0 saturated carbocycles. The molecule has 206 valence electrons. The number of hydrogen-bond donors (Lipinski definition) is 3. The second kappa shape index (κ2) is 12.3. The molecule has 0 spiro atoms. The summed E-state index contributed by atoms with van der Waals surface area (Å²) in [5.41, 5.74) is 2.68. The van der Waals surface area contributed by atoms with Crippen molar-refractivity contribution in [3.63, 3.8) is 0 Å². The van der Waals surface area contributed by atoms with Crippen LogP contribution in [0.2, 0.25) is 0 Å². The van der Waals surface area contributed by atoms with Gasteiger partial charge in [0.1, 0.15) is 23.8 Å². The van der Waals surface area contributed by atoms with Gasteiger partial charge in [-0.05, 0) is 11.6 Å². The van der Waals surface area contributed by atoms with Gasteiger partial charge < -0.3 is 30.2 Å². The van der Waals surface area contributed by atoms with E-state index in [0.717, 1.165) is 11.1 Å². The van der Waals surface area contributed by atoms with Crippen LogP contribution >= 0.6 is 0 Å². The molecule has 40 heavy (non-hydrogen) atoms. The van der Waals surface area contributed by atoms with Crippen LogP contribution in [0.4, 0.5) is 10.6 Å². The molecule has 4 aromatic rings. The number of anilines is 1. The molecular weight excluding hydrogens is 510 g/mol. The van der Waals surface area contributed by atoms with Crippen LogP contribution in [0.5, 0.6) is 0 Å². The van der Waals surface area contributed by atoms with Gasteiger partial charge in [0.15, 0.2) is 5.82 Å². The predicted octanol–water partition coefficient (Wildman–Crippen LogP) is 3.27. The minimum Gasteiger partial charge on any atom is -0.445 e. The fourth-order valence-electron chi connectivity index (χ4n) is 4.47. The standard InChI is InChI=1S/C29H31N7O4/c1-20(37)30-12-13-31-26-23-18-24(32-27(23)34-25(33-26)22-10-6-3-7-11-22)28(38)35-14-16-36(17-15-35)29(39)40-19-21-8-4-2-5-9-21/h2-11,18H,12-17,19H2,1H3,(H,30,37)(H2,31,32,33,34). The molecular formula is C29H31N7O4. The first-order chi connectivity index (χ1) is 19.5. The van der Waals surface area contributed by atoms with E-state index in [0.29, 0.717) is 67.6 Å². The maximum absolute atomic E-state index is 13.4. The molecule has 0 radical (unpaired) electrons. The highest BCUT2D eigenvalue weighted by Crippen LogP contribution is 2.26. The number of H-pyrrole nitrogens is 1. The summed E-state index contributed by atoms with van der Waals surface area (Å²) in [4.78, 5) is 53.0. The zero-order valence-corrected chi connectivity index (χ0v) is 22.2. The van der Waals surface area contributed by atoms with Gasteiger partial charge in [0.2, 0.25) is 5.91 Å². The van der Waals surface area contributed by atoms with Crippen LogP contribution in [0.1, 0.15) is 23.0 Å². The Morgan fingerprint density at radius 2 is 1.57 bits per heavy atom. The van der Waals surface area contributed by atoms with Crippen molar-refractivity contribution in [3.05, 3.63) is 78.0 Å². The van der Waals surface area contributed by atoms with Gasteiger partial charge in [-0.1, -0.05) is 60.7 Å². The number of rotatable bonds is 8. The van der Waals surface area contributed by atoms with E-state index in [1.165, 1.54) is 6.92 Å². The van der Waals surface area contributed by atoms with Gasteiger partial charge in [0.05, 0.1) is 5.39 Å². The van der Waals surface area contributed by atoms with Crippen LogP contribution < -0.4 is 10.6 Å². The number of fused-ring (bicyclic) bond motifs is 1. The fraction of sp³-hybridized carbons (Fsp3) is 0.276. The molecule has 2 aromatic heterocycles. The van der Waals surface area contributed by atoms with Gasteiger partial charge in [0.25, 0.3) is 5.91 Å². The van der Waals surface area contributed by atoms with Gasteiger partial charge in [0, 0.05) is 51.8 Å². The van der Waals surface area contributed by atoms with Crippen LogP contribution in [0.25, 0.3) is 22.4 Å². The van der Waals surface area contributed by atoms with Crippen LogP contribution in [-0.2, 0) is 16.1 Å². The lowest BCUT2D eigenvalue weighted by molar-refractivity contribution is -0.118. The van der Waals surface area contributed by atoms with Crippen molar-refractivity contribution < 1.29 is 19.1 Å². The number of hydrogen-bond acceptors (Lipinski definition) is 7. The van der Waals surface area contributed by atoms with E-state index in [9.17, 15) is 14.4 Å². The summed E-state index contributed by atoms with van der Waals surface area (Å²) in [7, 11) is 0. The number of aromatic nitrogens is 3. The lowest BCUT2D eigenvalue weighted by Gasteiger charge is -2.33. The number of carbonyl (C=O) groups excluding carboxylic acids is 3. The van der Waals surface area contributed by atoms with Crippen LogP contribution in [-0.4, -0.2) is 81.9 Å². The summed E-state index contributed by atoms with van der Waals surface area (Å²) in [6.07, 6.45) is -0.389. The molecule has 0 atom stereocenters. The van der Waals surface area contributed by atoms with Crippen LogP contribution in [0.3, 0.4) is 0 Å². The molecule has 1 aliphatic heterocycles. The Bertz CT molecular complexity index is 1480. The van der Waals surface area contributed by atoms with Crippen molar-refractivity contribution in [2.45, 2.75) is 13.5 Å². The smallest absolute Gasteiger partial charge is 0.410 e. The largest absolute Gasteiger partial charge is 0.445 e. The molecule has 11 heteroatoms. The number of piperazine rings is 1. The minimum atomic E-state index is -0.389. The predicted molar refractivity (Wildman–Crippen MR) is 151 cm³/mol. The molecule has 0 unspecified atom stereocenters. The highest BCUT2D eigenvalue weighted by Gasteiger charge is 2.27. The zero-order valence-electron chi connectivity index (χ0n) is 22.2. The number of nitrogens with one attached hydrogen (secondary N) is 3. The van der Waals surface area contributed by atoms with E-state index in [-0.39, 0.29) is 24.5 Å². The summed E-state index contributed by atoms with van der Waals surface area (Å²) in [5.74, 6) is 0.786. The van der Waals surface area contributed by atoms with Crippen LogP contribution in [0.15, 0.2) is 66.7 Å². The Morgan fingerprint density at radius 1 is 0.900 bits per heavy atom. The lowest BCUT2D eigenvalue weighted by atomic mass is 10.2. The second-order valence-electron chi connectivity index (χ2n) is 9.44. The number of aromatic amines is 1. The summed E-state index contributed by atoms with van der Waals surface area (Å²) >= 11 is 0. The molecule has 3 amide bonds. The Morgan fingerprint density at radius 3 is 2.27 bits per heavy atom. The number of benzene rings is 2. The van der Waals surface area contributed by atoms with Crippen molar-refractivity contribution in [1.82, 2.24) is 30.1 Å². The summed E-state index contributed by atoms with van der Waals surface area (Å²) < 4.78 is 5.43. The first-order valence-corrected chi connectivity index (χ1v) is 13.2. The molecule has 3 heterocycles. The monoisotopic (exact) mass is 541 g/mol. The highest BCUT2D eigenvalue weighted by molar-refractivity contribution is 6.00. The van der Waals surface area contributed by atoms with E-state index >= 15 is 0 Å².